The maximum atomic E-state index is 12.8. The van der Waals surface area contributed by atoms with Crippen LogP contribution in [0.2, 0.25) is 0 Å². The van der Waals surface area contributed by atoms with E-state index in [1.807, 2.05) is 13.0 Å². The number of carbonyl (C=O) groups excluding carboxylic acids is 2. The Morgan fingerprint density at radius 2 is 2.04 bits per heavy atom. The molecule has 25 heavy (non-hydrogen) atoms. The van der Waals surface area contributed by atoms with Crippen LogP contribution in [0.3, 0.4) is 0 Å². The van der Waals surface area contributed by atoms with Crippen molar-refractivity contribution in [3.8, 4) is 5.75 Å². The molecule has 1 aliphatic heterocycles. The molecule has 0 radical (unpaired) electrons. The number of fused-ring (bicyclic) bond motifs is 1. The number of rotatable bonds is 5. The van der Waals surface area contributed by atoms with Gasteiger partial charge in [-0.1, -0.05) is 28.1 Å². The smallest absolute Gasteiger partial charge is 0.264 e. The molecule has 0 saturated carbocycles. The fourth-order valence-corrected chi connectivity index (χ4v) is 3.50. The third kappa shape index (κ3) is 2.96. The highest BCUT2D eigenvalue weighted by Gasteiger charge is 2.50. The zero-order valence-electron chi connectivity index (χ0n) is 14.0. The summed E-state index contributed by atoms with van der Waals surface area (Å²) in [6, 6.07) is 12.0. The van der Waals surface area contributed by atoms with Crippen molar-refractivity contribution in [2.75, 3.05) is 18.6 Å². The molecule has 0 fully saturated rings. The van der Waals surface area contributed by atoms with Crippen LogP contribution in [-0.2, 0) is 10.4 Å². The van der Waals surface area contributed by atoms with Gasteiger partial charge in [0.15, 0.2) is 11.4 Å². The Balaban J connectivity index is 1.99. The van der Waals surface area contributed by atoms with Gasteiger partial charge < -0.3 is 14.7 Å². The number of amides is 1. The molecule has 1 heterocycles. The first-order valence-corrected chi connectivity index (χ1v) is 8.71. The molecule has 1 atom stereocenters. The van der Waals surface area contributed by atoms with Gasteiger partial charge in [0, 0.05) is 22.1 Å². The first kappa shape index (κ1) is 17.6. The Kier molecular flexibility index (Phi) is 4.67. The average Bonchev–Trinajstić information content (AvgIpc) is 2.82. The number of ketones is 1. The number of carbonyl (C=O) groups is 2. The minimum absolute atomic E-state index is 0.320. The van der Waals surface area contributed by atoms with E-state index < -0.39 is 11.5 Å². The quantitative estimate of drug-likeness (QED) is 0.777. The molecule has 0 saturated heterocycles. The third-order valence-corrected chi connectivity index (χ3v) is 4.91. The summed E-state index contributed by atoms with van der Waals surface area (Å²) in [4.78, 5) is 27.0. The monoisotopic (exact) mass is 403 g/mol. The first-order valence-electron chi connectivity index (χ1n) is 7.92. The van der Waals surface area contributed by atoms with Crippen LogP contribution < -0.4 is 9.64 Å². The Labute approximate surface area is 154 Å². The number of anilines is 1. The van der Waals surface area contributed by atoms with Crippen molar-refractivity contribution in [3.05, 3.63) is 58.1 Å². The topological polar surface area (TPSA) is 66.8 Å². The normalized spacial score (nSPS) is 19.0. The summed E-state index contributed by atoms with van der Waals surface area (Å²) in [5.41, 5.74) is -0.386. The number of benzene rings is 2. The second kappa shape index (κ2) is 6.61. The molecule has 0 bridgehead atoms. The van der Waals surface area contributed by atoms with E-state index in [2.05, 4.69) is 15.9 Å². The standard InChI is InChI=1S/C19H18BrNO4/c1-3-21-16-8-7-13(20)10-15(16)19(24,18(21)23)11-17(22)12-5-4-6-14(9-12)25-2/h4-10,24H,3,11H2,1-2H3/t19-/m1/s1. The van der Waals surface area contributed by atoms with Crippen LogP contribution in [0.5, 0.6) is 5.75 Å². The molecule has 2 aromatic carbocycles. The van der Waals surface area contributed by atoms with Gasteiger partial charge in [-0.15, -0.1) is 0 Å². The molecule has 0 aliphatic carbocycles. The van der Waals surface area contributed by atoms with Gasteiger partial charge in [-0.25, -0.2) is 0 Å². The van der Waals surface area contributed by atoms with E-state index in [1.54, 1.807) is 36.4 Å². The van der Waals surface area contributed by atoms with Crippen LogP contribution >= 0.6 is 15.9 Å². The number of hydrogen-bond donors (Lipinski definition) is 1. The molecule has 1 N–H and O–H groups in total. The zero-order valence-corrected chi connectivity index (χ0v) is 15.5. The van der Waals surface area contributed by atoms with Crippen LogP contribution in [0.25, 0.3) is 0 Å². The molecule has 130 valence electrons. The summed E-state index contributed by atoms with van der Waals surface area (Å²) >= 11 is 3.37. The molecule has 0 unspecified atom stereocenters. The minimum atomic E-state index is -1.87. The average molecular weight is 404 g/mol. The Hall–Kier alpha value is -2.18. The fraction of sp³-hybridized carbons (Fsp3) is 0.263. The van der Waals surface area contributed by atoms with Gasteiger partial charge in [-0.05, 0) is 37.3 Å². The molecule has 0 aromatic heterocycles. The van der Waals surface area contributed by atoms with Crippen molar-refractivity contribution in [3.63, 3.8) is 0 Å². The van der Waals surface area contributed by atoms with Gasteiger partial charge in [0.2, 0.25) is 0 Å². The molecular weight excluding hydrogens is 386 g/mol. The molecule has 0 spiro atoms. The van der Waals surface area contributed by atoms with E-state index in [4.69, 9.17) is 4.74 Å². The summed E-state index contributed by atoms with van der Waals surface area (Å²) in [5, 5.41) is 11.1. The second-order valence-electron chi connectivity index (χ2n) is 5.90. The lowest BCUT2D eigenvalue weighted by Crippen LogP contribution is -2.41. The number of aliphatic hydroxyl groups is 1. The highest BCUT2D eigenvalue weighted by Crippen LogP contribution is 2.44. The van der Waals surface area contributed by atoms with Gasteiger partial charge in [0.25, 0.3) is 5.91 Å². The molecular formula is C19H18BrNO4. The molecule has 3 rings (SSSR count). The van der Waals surface area contributed by atoms with Crippen LogP contribution in [-0.4, -0.2) is 30.5 Å². The molecule has 2 aromatic rings. The first-order chi connectivity index (χ1) is 11.9. The Bertz CT molecular complexity index is 851. The summed E-state index contributed by atoms with van der Waals surface area (Å²) in [6.07, 6.45) is -0.320. The lowest BCUT2D eigenvalue weighted by atomic mass is 9.88. The van der Waals surface area contributed by atoms with Crippen LogP contribution in [0.1, 0.15) is 29.3 Å². The lowest BCUT2D eigenvalue weighted by molar-refractivity contribution is -0.135. The Morgan fingerprint density at radius 3 is 2.72 bits per heavy atom. The highest BCUT2D eigenvalue weighted by atomic mass is 79.9. The van der Waals surface area contributed by atoms with Crippen LogP contribution in [0.15, 0.2) is 46.9 Å². The number of halogens is 1. The van der Waals surface area contributed by atoms with Crippen molar-refractivity contribution >= 4 is 33.3 Å². The van der Waals surface area contributed by atoms with Crippen LogP contribution in [0, 0.1) is 0 Å². The van der Waals surface area contributed by atoms with Crippen molar-refractivity contribution in [2.45, 2.75) is 18.9 Å². The van der Waals surface area contributed by atoms with E-state index in [9.17, 15) is 14.7 Å². The number of nitrogens with zero attached hydrogens (tertiary/aromatic N) is 1. The second-order valence-corrected chi connectivity index (χ2v) is 6.82. The number of hydrogen-bond acceptors (Lipinski definition) is 4. The molecule has 6 heteroatoms. The van der Waals surface area contributed by atoms with E-state index in [0.29, 0.717) is 29.1 Å². The van der Waals surface area contributed by atoms with Crippen molar-refractivity contribution < 1.29 is 19.4 Å². The van der Waals surface area contributed by atoms with Gasteiger partial charge in [0.05, 0.1) is 19.2 Å². The van der Waals surface area contributed by atoms with E-state index in [-0.39, 0.29) is 12.2 Å². The maximum Gasteiger partial charge on any atom is 0.264 e. The van der Waals surface area contributed by atoms with Gasteiger partial charge >= 0.3 is 0 Å². The number of likely N-dealkylation sites (N-methyl/N-ethyl adjacent to an activating group) is 1. The van der Waals surface area contributed by atoms with Crippen molar-refractivity contribution in [1.82, 2.24) is 0 Å². The highest BCUT2D eigenvalue weighted by molar-refractivity contribution is 9.10. The third-order valence-electron chi connectivity index (χ3n) is 4.42. The number of ether oxygens (including phenoxy) is 1. The summed E-state index contributed by atoms with van der Waals surface area (Å²) in [6.45, 7) is 2.25. The van der Waals surface area contributed by atoms with Gasteiger partial charge in [-0.2, -0.15) is 0 Å². The maximum absolute atomic E-state index is 12.8. The minimum Gasteiger partial charge on any atom is -0.497 e. The molecule has 5 nitrogen and oxygen atoms in total. The largest absolute Gasteiger partial charge is 0.497 e. The number of methoxy groups -OCH3 is 1. The predicted molar refractivity (Wildman–Crippen MR) is 98.0 cm³/mol. The molecule has 1 aliphatic rings. The van der Waals surface area contributed by atoms with Gasteiger partial charge in [0.1, 0.15) is 5.75 Å². The van der Waals surface area contributed by atoms with Crippen molar-refractivity contribution in [1.29, 1.82) is 0 Å². The van der Waals surface area contributed by atoms with Crippen LogP contribution in [0.4, 0.5) is 5.69 Å². The van der Waals surface area contributed by atoms with E-state index in [1.165, 1.54) is 12.0 Å². The fourth-order valence-electron chi connectivity index (χ4n) is 3.14. The summed E-state index contributed by atoms with van der Waals surface area (Å²) < 4.78 is 5.87. The van der Waals surface area contributed by atoms with E-state index >= 15 is 0 Å². The molecule has 1 amide bonds. The van der Waals surface area contributed by atoms with Crippen molar-refractivity contribution in [2.24, 2.45) is 0 Å². The summed E-state index contributed by atoms with van der Waals surface area (Å²) in [7, 11) is 1.52. The predicted octanol–water partition coefficient (Wildman–Crippen LogP) is 3.28. The lowest BCUT2D eigenvalue weighted by Gasteiger charge is -2.22. The summed E-state index contributed by atoms with van der Waals surface area (Å²) in [5.74, 6) is -0.244. The Morgan fingerprint density at radius 1 is 1.28 bits per heavy atom. The SMILES string of the molecule is CCN1C(=O)[C@@](O)(CC(=O)c2cccc(OC)c2)c2cc(Br)ccc21. The zero-order chi connectivity index (χ0) is 18.2. The van der Waals surface area contributed by atoms with E-state index in [0.717, 1.165) is 4.47 Å². The number of Topliss-reactive ketones (excluding diaryl/α,β-unsaturated/α-hetero) is 1. The van der Waals surface area contributed by atoms with Gasteiger partial charge in [-0.3, -0.25) is 9.59 Å².